The Morgan fingerprint density at radius 2 is 1.59 bits per heavy atom. The van der Waals surface area contributed by atoms with E-state index >= 15 is 0 Å². The molecular formula is C22H23N5O4S. The lowest BCUT2D eigenvalue weighted by atomic mass is 10.2. The van der Waals surface area contributed by atoms with E-state index in [0.717, 1.165) is 16.9 Å². The fraction of sp³-hybridized carbons (Fsp3) is 0.273. The number of thiazole rings is 1. The van der Waals surface area contributed by atoms with Crippen LogP contribution in [-0.2, 0) is 0 Å². The summed E-state index contributed by atoms with van der Waals surface area (Å²) in [6.07, 6.45) is 1.46. The number of anilines is 2. The molecule has 1 aliphatic heterocycles. The first kappa shape index (κ1) is 21.6. The van der Waals surface area contributed by atoms with E-state index in [9.17, 15) is 14.4 Å². The Morgan fingerprint density at radius 3 is 2.22 bits per heavy atom. The molecule has 0 unspecified atom stereocenters. The van der Waals surface area contributed by atoms with Crippen molar-refractivity contribution in [2.24, 2.45) is 0 Å². The molecule has 0 aliphatic carbocycles. The number of nitrogens with zero attached hydrogens (tertiary/aromatic N) is 3. The maximum absolute atomic E-state index is 13.0. The number of hydrogen-bond donors (Lipinski definition) is 2. The number of aromatic nitrogens is 1. The summed E-state index contributed by atoms with van der Waals surface area (Å²) in [5.41, 5.74) is 2.32. The molecule has 0 saturated carbocycles. The number of piperazine rings is 1. The number of aryl methyl sites for hydroxylation is 2. The molecule has 0 radical (unpaired) electrons. The van der Waals surface area contributed by atoms with Crippen molar-refractivity contribution in [1.29, 1.82) is 0 Å². The minimum absolute atomic E-state index is 0.155. The van der Waals surface area contributed by atoms with Crippen LogP contribution < -0.4 is 10.6 Å². The van der Waals surface area contributed by atoms with Crippen LogP contribution in [0.15, 0.2) is 47.1 Å². The van der Waals surface area contributed by atoms with E-state index in [-0.39, 0.29) is 11.8 Å². The van der Waals surface area contributed by atoms with Gasteiger partial charge in [0.05, 0.1) is 12.0 Å². The second kappa shape index (κ2) is 9.23. The molecule has 1 aliphatic rings. The largest absolute Gasteiger partial charge is 0.459 e. The summed E-state index contributed by atoms with van der Waals surface area (Å²) in [6, 6.07) is 10.3. The van der Waals surface area contributed by atoms with Crippen molar-refractivity contribution in [3.63, 3.8) is 0 Å². The standard InChI is InChI=1S/C22H23N5O4S/c1-14-5-7-16(8-6-14)24-21(30)25-22-23-15(2)18(32-22)20(29)27-11-9-26(10-12-27)19(28)17-4-3-13-31-17/h3-8,13H,9-12H2,1-2H3,(H2,23,24,25,30). The highest BCUT2D eigenvalue weighted by molar-refractivity contribution is 7.17. The molecule has 0 bridgehead atoms. The maximum Gasteiger partial charge on any atom is 0.325 e. The van der Waals surface area contributed by atoms with E-state index in [1.807, 2.05) is 31.2 Å². The number of carbonyl (C=O) groups is 3. The zero-order chi connectivity index (χ0) is 22.7. The van der Waals surface area contributed by atoms with Gasteiger partial charge < -0.3 is 19.5 Å². The van der Waals surface area contributed by atoms with E-state index in [2.05, 4.69) is 15.6 Å². The molecule has 4 rings (SSSR count). The third-order valence-corrected chi connectivity index (χ3v) is 6.17. The van der Waals surface area contributed by atoms with Crippen LogP contribution in [0.2, 0.25) is 0 Å². The van der Waals surface area contributed by atoms with Crippen molar-refractivity contribution in [2.45, 2.75) is 13.8 Å². The highest BCUT2D eigenvalue weighted by atomic mass is 32.1. The topological polar surface area (TPSA) is 108 Å². The second-order valence-corrected chi connectivity index (χ2v) is 8.44. The van der Waals surface area contributed by atoms with E-state index < -0.39 is 6.03 Å². The van der Waals surface area contributed by atoms with Gasteiger partial charge in [-0.25, -0.2) is 9.78 Å². The van der Waals surface area contributed by atoms with Crippen molar-refractivity contribution in [2.75, 3.05) is 36.8 Å². The first-order valence-electron chi connectivity index (χ1n) is 10.1. The summed E-state index contributed by atoms with van der Waals surface area (Å²) in [5.74, 6) is -0.0399. The molecule has 10 heteroatoms. The fourth-order valence-corrected chi connectivity index (χ4v) is 4.29. The highest BCUT2D eigenvalue weighted by Gasteiger charge is 2.28. The Bertz CT molecular complexity index is 1120. The zero-order valence-electron chi connectivity index (χ0n) is 17.8. The van der Waals surface area contributed by atoms with Crippen molar-refractivity contribution >= 4 is 40.0 Å². The van der Waals surface area contributed by atoms with E-state index in [1.54, 1.807) is 28.9 Å². The molecule has 1 aromatic carbocycles. The van der Waals surface area contributed by atoms with Gasteiger partial charge in [0.15, 0.2) is 10.9 Å². The van der Waals surface area contributed by atoms with Gasteiger partial charge in [0.25, 0.3) is 11.8 Å². The molecule has 0 atom stereocenters. The minimum atomic E-state index is -0.424. The number of amides is 4. The lowest BCUT2D eigenvalue weighted by molar-refractivity contribution is 0.0520. The minimum Gasteiger partial charge on any atom is -0.459 e. The van der Waals surface area contributed by atoms with Gasteiger partial charge in [0.1, 0.15) is 4.88 Å². The van der Waals surface area contributed by atoms with Gasteiger partial charge in [-0.05, 0) is 38.1 Å². The summed E-state index contributed by atoms with van der Waals surface area (Å²) in [7, 11) is 0. The van der Waals surface area contributed by atoms with Crippen molar-refractivity contribution in [3.05, 3.63) is 64.6 Å². The number of hydrogen-bond acceptors (Lipinski definition) is 6. The summed E-state index contributed by atoms with van der Waals surface area (Å²) >= 11 is 1.14. The quantitative estimate of drug-likeness (QED) is 0.628. The van der Waals surface area contributed by atoms with Gasteiger partial charge in [-0.3, -0.25) is 14.9 Å². The Kier molecular flexibility index (Phi) is 6.22. The monoisotopic (exact) mass is 453 g/mol. The SMILES string of the molecule is Cc1ccc(NC(=O)Nc2nc(C)c(C(=O)N3CCN(C(=O)c4ccco4)CC3)s2)cc1. The van der Waals surface area contributed by atoms with Crippen molar-refractivity contribution < 1.29 is 18.8 Å². The first-order valence-corrected chi connectivity index (χ1v) is 11.0. The molecule has 3 heterocycles. The van der Waals surface area contributed by atoms with Crippen LogP contribution in [0.3, 0.4) is 0 Å². The maximum atomic E-state index is 13.0. The molecule has 3 aromatic rings. The van der Waals surface area contributed by atoms with Gasteiger partial charge in [0, 0.05) is 31.9 Å². The average Bonchev–Trinajstić information content (AvgIpc) is 3.44. The number of rotatable bonds is 4. The molecule has 0 spiro atoms. The van der Waals surface area contributed by atoms with Crippen LogP contribution in [-0.4, -0.2) is 58.8 Å². The average molecular weight is 454 g/mol. The first-order chi connectivity index (χ1) is 15.4. The summed E-state index contributed by atoms with van der Waals surface area (Å²) in [6.45, 7) is 5.39. The van der Waals surface area contributed by atoms with Crippen LogP contribution >= 0.6 is 11.3 Å². The van der Waals surface area contributed by atoms with Crippen LogP contribution in [0.25, 0.3) is 0 Å². The summed E-state index contributed by atoms with van der Waals surface area (Å²) in [5, 5.41) is 5.78. The van der Waals surface area contributed by atoms with Crippen molar-refractivity contribution in [3.8, 4) is 0 Å². The van der Waals surface area contributed by atoms with E-state index in [4.69, 9.17) is 4.42 Å². The van der Waals surface area contributed by atoms with Crippen LogP contribution in [0.4, 0.5) is 15.6 Å². The number of nitrogens with one attached hydrogen (secondary N) is 2. The smallest absolute Gasteiger partial charge is 0.325 e. The Hall–Kier alpha value is -3.66. The third kappa shape index (κ3) is 4.80. The summed E-state index contributed by atoms with van der Waals surface area (Å²) < 4.78 is 5.17. The molecule has 2 aromatic heterocycles. The second-order valence-electron chi connectivity index (χ2n) is 7.44. The molecule has 1 fully saturated rings. The van der Waals surface area contributed by atoms with Gasteiger partial charge in [-0.2, -0.15) is 0 Å². The zero-order valence-corrected chi connectivity index (χ0v) is 18.6. The van der Waals surface area contributed by atoms with Crippen LogP contribution in [0, 0.1) is 13.8 Å². The number of benzene rings is 1. The lowest BCUT2D eigenvalue weighted by Gasteiger charge is -2.34. The Morgan fingerprint density at radius 1 is 0.938 bits per heavy atom. The number of furan rings is 1. The lowest BCUT2D eigenvalue weighted by Crippen LogP contribution is -2.50. The molecule has 1 saturated heterocycles. The number of carbonyl (C=O) groups excluding carboxylic acids is 3. The van der Waals surface area contributed by atoms with Crippen LogP contribution in [0.1, 0.15) is 31.5 Å². The van der Waals surface area contributed by atoms with Crippen molar-refractivity contribution in [1.82, 2.24) is 14.8 Å². The Balaban J connectivity index is 1.34. The molecule has 166 valence electrons. The van der Waals surface area contributed by atoms with E-state index in [0.29, 0.717) is 53.3 Å². The predicted octanol–water partition coefficient (Wildman–Crippen LogP) is 3.60. The van der Waals surface area contributed by atoms with Crippen LogP contribution in [0.5, 0.6) is 0 Å². The molecule has 9 nitrogen and oxygen atoms in total. The molecule has 2 N–H and O–H groups in total. The third-order valence-electron chi connectivity index (χ3n) is 5.11. The Labute approximate surface area is 189 Å². The van der Waals surface area contributed by atoms with Gasteiger partial charge >= 0.3 is 6.03 Å². The predicted molar refractivity (Wildman–Crippen MR) is 121 cm³/mol. The molecule has 32 heavy (non-hydrogen) atoms. The normalized spacial score (nSPS) is 13.7. The van der Waals surface area contributed by atoms with E-state index in [1.165, 1.54) is 6.26 Å². The number of urea groups is 1. The van der Waals surface area contributed by atoms with Gasteiger partial charge in [0.2, 0.25) is 0 Å². The fourth-order valence-electron chi connectivity index (χ4n) is 3.36. The highest BCUT2D eigenvalue weighted by Crippen LogP contribution is 2.25. The summed E-state index contributed by atoms with van der Waals surface area (Å²) in [4.78, 5) is 45.8. The van der Waals surface area contributed by atoms with Gasteiger partial charge in [-0.1, -0.05) is 29.0 Å². The molecular weight excluding hydrogens is 430 g/mol. The molecule has 4 amide bonds. The van der Waals surface area contributed by atoms with Gasteiger partial charge in [-0.15, -0.1) is 0 Å².